The molecule has 6 heteroatoms. The lowest BCUT2D eigenvalue weighted by molar-refractivity contribution is -0.121. The molecule has 0 bridgehead atoms. The molecule has 3 N–H and O–H groups in total. The average Bonchev–Trinajstić information content (AvgIpc) is 2.77. The topological polar surface area (TPSA) is 73.8 Å². The minimum absolute atomic E-state index is 0.148. The smallest absolute Gasteiger partial charge is 0.221 e. The molecule has 32 heavy (non-hydrogen) atoms. The van der Waals surface area contributed by atoms with Crippen molar-refractivity contribution in [3.63, 3.8) is 0 Å². The van der Waals surface area contributed by atoms with Crippen LogP contribution in [-0.4, -0.2) is 75.0 Å². The van der Waals surface area contributed by atoms with Crippen LogP contribution in [0.5, 0.6) is 0 Å². The van der Waals surface area contributed by atoms with Gasteiger partial charge < -0.3 is 20.5 Å². The zero-order chi connectivity index (χ0) is 23.7. The maximum atomic E-state index is 12.1. The van der Waals surface area contributed by atoms with Gasteiger partial charge in [-0.05, 0) is 32.9 Å². The van der Waals surface area contributed by atoms with E-state index in [9.17, 15) is 4.79 Å². The Bertz CT molecular complexity index is 397. The molecule has 1 atom stereocenters. The monoisotopic (exact) mass is 457 g/mol. The highest BCUT2D eigenvalue weighted by atomic mass is 16.5. The van der Waals surface area contributed by atoms with Gasteiger partial charge in [0.1, 0.15) is 0 Å². The van der Waals surface area contributed by atoms with E-state index in [0.29, 0.717) is 19.6 Å². The summed E-state index contributed by atoms with van der Waals surface area (Å²) in [5.74, 6) is 0.148. The van der Waals surface area contributed by atoms with Crippen molar-refractivity contribution < 1.29 is 14.6 Å². The van der Waals surface area contributed by atoms with E-state index in [1.807, 2.05) is 0 Å². The predicted octanol–water partition coefficient (Wildman–Crippen LogP) is 4.50. The third kappa shape index (κ3) is 22.5. The SMILES string of the molecule is CCCCCCCCCCCCCC(C)NC(=O)CCNCCCN(CCO)CCOC. The quantitative estimate of drug-likeness (QED) is 0.176. The number of ether oxygens (including phenoxy) is 1. The highest BCUT2D eigenvalue weighted by Gasteiger charge is 2.07. The summed E-state index contributed by atoms with van der Waals surface area (Å²) in [4.78, 5) is 14.3. The third-order valence-corrected chi connectivity index (χ3v) is 6.03. The van der Waals surface area contributed by atoms with Crippen molar-refractivity contribution in [3.05, 3.63) is 0 Å². The zero-order valence-corrected chi connectivity index (χ0v) is 21.6. The molecule has 0 spiro atoms. The normalized spacial score (nSPS) is 12.4. The van der Waals surface area contributed by atoms with Gasteiger partial charge in [-0.15, -0.1) is 0 Å². The van der Waals surface area contributed by atoms with Crippen molar-refractivity contribution in [2.75, 3.05) is 53.0 Å². The number of nitrogens with one attached hydrogen (secondary N) is 2. The molecule has 0 heterocycles. The van der Waals surface area contributed by atoms with E-state index in [2.05, 4.69) is 29.4 Å². The van der Waals surface area contributed by atoms with Crippen LogP contribution in [0.3, 0.4) is 0 Å². The molecule has 0 aromatic heterocycles. The van der Waals surface area contributed by atoms with Gasteiger partial charge >= 0.3 is 0 Å². The number of unbranched alkanes of at least 4 members (excludes halogenated alkanes) is 10. The van der Waals surface area contributed by atoms with Crippen LogP contribution in [-0.2, 0) is 9.53 Å². The fourth-order valence-corrected chi connectivity index (χ4v) is 3.99. The van der Waals surface area contributed by atoms with Gasteiger partial charge in [0.15, 0.2) is 0 Å². The summed E-state index contributed by atoms with van der Waals surface area (Å²) in [6.45, 7) is 9.31. The molecule has 0 saturated carbocycles. The first-order chi connectivity index (χ1) is 15.6. The minimum atomic E-state index is 0.148. The third-order valence-electron chi connectivity index (χ3n) is 6.03. The average molecular weight is 458 g/mol. The van der Waals surface area contributed by atoms with Gasteiger partial charge in [0.2, 0.25) is 5.91 Å². The van der Waals surface area contributed by atoms with Crippen molar-refractivity contribution >= 4 is 5.91 Å². The summed E-state index contributed by atoms with van der Waals surface area (Å²) < 4.78 is 5.10. The highest BCUT2D eigenvalue weighted by Crippen LogP contribution is 2.12. The second-order valence-electron chi connectivity index (χ2n) is 9.20. The Labute approximate surface area is 199 Å². The number of methoxy groups -OCH3 is 1. The molecule has 0 rings (SSSR count). The van der Waals surface area contributed by atoms with E-state index in [1.54, 1.807) is 7.11 Å². The number of amides is 1. The minimum Gasteiger partial charge on any atom is -0.395 e. The summed E-state index contributed by atoms with van der Waals surface area (Å²) >= 11 is 0. The van der Waals surface area contributed by atoms with Crippen LogP contribution < -0.4 is 10.6 Å². The van der Waals surface area contributed by atoms with E-state index in [0.717, 1.165) is 39.0 Å². The van der Waals surface area contributed by atoms with Crippen LogP contribution in [0.2, 0.25) is 0 Å². The highest BCUT2D eigenvalue weighted by molar-refractivity contribution is 5.76. The van der Waals surface area contributed by atoms with E-state index < -0.39 is 0 Å². The first kappa shape index (κ1) is 31.3. The van der Waals surface area contributed by atoms with Crippen molar-refractivity contribution in [2.24, 2.45) is 0 Å². The molecule has 0 saturated heterocycles. The number of aliphatic hydroxyl groups excluding tert-OH is 1. The van der Waals surface area contributed by atoms with Crippen LogP contribution in [0.25, 0.3) is 0 Å². The van der Waals surface area contributed by atoms with Gasteiger partial charge in [0.25, 0.3) is 0 Å². The van der Waals surface area contributed by atoms with Crippen molar-refractivity contribution in [2.45, 2.75) is 110 Å². The molecule has 0 aromatic rings. The standard InChI is InChI=1S/C26H55N3O3/c1-4-5-6-7-8-9-10-11-12-13-14-16-25(2)28-26(31)17-19-27-18-15-20-29(21-23-30)22-24-32-3/h25,27,30H,4-24H2,1-3H3,(H,28,31). The largest absolute Gasteiger partial charge is 0.395 e. The number of carbonyl (C=O) groups excluding carboxylic acids is 1. The van der Waals surface area contributed by atoms with Gasteiger partial charge in [-0.2, -0.15) is 0 Å². The number of rotatable bonds is 25. The summed E-state index contributed by atoms with van der Waals surface area (Å²) in [6, 6.07) is 0.272. The Morgan fingerprint density at radius 1 is 0.875 bits per heavy atom. The van der Waals surface area contributed by atoms with Crippen molar-refractivity contribution in [3.8, 4) is 0 Å². The van der Waals surface area contributed by atoms with Crippen LogP contribution in [0.15, 0.2) is 0 Å². The van der Waals surface area contributed by atoms with Crippen LogP contribution in [0, 0.1) is 0 Å². The maximum absolute atomic E-state index is 12.1. The van der Waals surface area contributed by atoms with Crippen LogP contribution in [0.1, 0.15) is 104 Å². The Balaban J connectivity index is 3.49. The van der Waals surface area contributed by atoms with E-state index in [-0.39, 0.29) is 18.6 Å². The lowest BCUT2D eigenvalue weighted by Crippen LogP contribution is -2.35. The van der Waals surface area contributed by atoms with Crippen LogP contribution >= 0.6 is 0 Å². The number of aliphatic hydroxyl groups is 1. The lowest BCUT2D eigenvalue weighted by Gasteiger charge is -2.20. The summed E-state index contributed by atoms with van der Waals surface area (Å²) in [7, 11) is 1.70. The summed E-state index contributed by atoms with van der Waals surface area (Å²) in [6.07, 6.45) is 17.6. The fraction of sp³-hybridized carbons (Fsp3) is 0.962. The van der Waals surface area contributed by atoms with Crippen LogP contribution in [0.4, 0.5) is 0 Å². The van der Waals surface area contributed by atoms with Gasteiger partial charge in [-0.3, -0.25) is 9.69 Å². The van der Waals surface area contributed by atoms with E-state index in [4.69, 9.17) is 9.84 Å². The Hall–Kier alpha value is -0.690. The molecule has 6 nitrogen and oxygen atoms in total. The molecule has 0 aliphatic carbocycles. The maximum Gasteiger partial charge on any atom is 0.221 e. The Morgan fingerprint density at radius 3 is 2.09 bits per heavy atom. The molecule has 0 aromatic carbocycles. The Morgan fingerprint density at radius 2 is 1.50 bits per heavy atom. The Kier molecular flexibility index (Phi) is 24.4. The second kappa shape index (κ2) is 24.9. The molecule has 0 fully saturated rings. The second-order valence-corrected chi connectivity index (χ2v) is 9.20. The molecule has 0 aliphatic heterocycles. The fourth-order valence-electron chi connectivity index (χ4n) is 3.99. The predicted molar refractivity (Wildman–Crippen MR) is 136 cm³/mol. The van der Waals surface area contributed by atoms with E-state index in [1.165, 1.54) is 70.6 Å². The molecule has 1 unspecified atom stereocenters. The molecular weight excluding hydrogens is 402 g/mol. The first-order valence-electron chi connectivity index (χ1n) is 13.5. The molecule has 192 valence electrons. The van der Waals surface area contributed by atoms with Crippen molar-refractivity contribution in [1.82, 2.24) is 15.5 Å². The first-order valence-corrected chi connectivity index (χ1v) is 13.5. The van der Waals surface area contributed by atoms with Gasteiger partial charge in [-0.1, -0.05) is 77.6 Å². The molecular formula is C26H55N3O3. The molecule has 1 amide bonds. The zero-order valence-electron chi connectivity index (χ0n) is 21.6. The van der Waals surface area contributed by atoms with Crippen molar-refractivity contribution in [1.29, 1.82) is 0 Å². The summed E-state index contributed by atoms with van der Waals surface area (Å²) in [5, 5.41) is 15.6. The summed E-state index contributed by atoms with van der Waals surface area (Å²) in [5.41, 5.74) is 0. The van der Waals surface area contributed by atoms with E-state index >= 15 is 0 Å². The number of hydrogen-bond acceptors (Lipinski definition) is 5. The number of hydrogen-bond donors (Lipinski definition) is 3. The number of nitrogens with zero attached hydrogens (tertiary/aromatic N) is 1. The van der Waals surface area contributed by atoms with Gasteiger partial charge in [0, 0.05) is 39.2 Å². The van der Waals surface area contributed by atoms with Gasteiger partial charge in [0.05, 0.1) is 13.2 Å². The number of carbonyl (C=O) groups is 1. The van der Waals surface area contributed by atoms with Gasteiger partial charge in [-0.25, -0.2) is 0 Å². The molecule has 0 aliphatic rings. The molecule has 0 radical (unpaired) electrons. The lowest BCUT2D eigenvalue weighted by atomic mass is 10.0.